The molecule has 1 rings (SSSR count). The van der Waals surface area contributed by atoms with Crippen molar-refractivity contribution in [2.24, 2.45) is 0 Å². The third-order valence-corrected chi connectivity index (χ3v) is 2.54. The lowest BCUT2D eigenvalue weighted by molar-refractivity contribution is 0.0916. The van der Waals surface area contributed by atoms with E-state index in [1.54, 1.807) is 12.3 Å². The van der Waals surface area contributed by atoms with Crippen LogP contribution in [0.2, 0.25) is 0 Å². The summed E-state index contributed by atoms with van der Waals surface area (Å²) >= 11 is 0. The number of carbonyl (C=O) groups is 1. The monoisotopic (exact) mass is 265 g/mol. The van der Waals surface area contributed by atoms with Gasteiger partial charge in [0.15, 0.2) is 0 Å². The zero-order valence-electron chi connectivity index (χ0n) is 11.9. The van der Waals surface area contributed by atoms with E-state index >= 15 is 0 Å². The van der Waals surface area contributed by atoms with E-state index in [0.29, 0.717) is 31.1 Å². The smallest absolute Gasteiger partial charge is 0.268 e. The first-order valence-corrected chi connectivity index (χ1v) is 6.39. The summed E-state index contributed by atoms with van der Waals surface area (Å²) in [6.07, 6.45) is 1.77. The van der Waals surface area contributed by atoms with Crippen LogP contribution in [0, 0.1) is 0 Å². The topological polar surface area (TPSA) is 69.3 Å². The number of aromatic nitrogens is 1. The van der Waals surface area contributed by atoms with Gasteiger partial charge >= 0.3 is 0 Å². The number of rotatable bonds is 7. The molecule has 0 fully saturated rings. The molecule has 0 radical (unpaired) electrons. The van der Waals surface area contributed by atoms with Crippen LogP contribution in [0.4, 0.5) is 5.69 Å². The summed E-state index contributed by atoms with van der Waals surface area (Å²) in [5, 5.41) is 2.81. The molecule has 0 aromatic carbocycles. The molecule has 0 saturated carbocycles. The van der Waals surface area contributed by atoms with Gasteiger partial charge in [0.2, 0.25) is 0 Å². The fraction of sp³-hybridized carbons (Fsp3) is 0.500. The third-order valence-electron chi connectivity index (χ3n) is 2.54. The first-order chi connectivity index (χ1) is 8.91. The fourth-order valence-electron chi connectivity index (χ4n) is 1.68. The maximum Gasteiger partial charge on any atom is 0.268 e. The predicted octanol–water partition coefficient (Wildman–Crippen LogP) is 1.97. The molecule has 0 bridgehead atoms. The highest BCUT2D eigenvalue weighted by molar-refractivity contribution is 5.93. The molecule has 5 nitrogen and oxygen atoms in total. The average molecular weight is 265 g/mol. The van der Waals surface area contributed by atoms with E-state index in [9.17, 15) is 4.79 Å². The van der Waals surface area contributed by atoms with Crippen LogP contribution in [0.3, 0.4) is 0 Å². The minimum atomic E-state index is -0.135. The van der Waals surface area contributed by atoms with Crippen LogP contribution in [0.1, 0.15) is 37.3 Å². The number of nitrogens with two attached hydrogens (primary N) is 1. The summed E-state index contributed by atoms with van der Waals surface area (Å²) in [4.78, 5) is 12.0. The van der Waals surface area contributed by atoms with Crippen molar-refractivity contribution in [3.8, 4) is 0 Å². The average Bonchev–Trinajstić information content (AvgIpc) is 2.70. The number of nitrogens with one attached hydrogen (secondary N) is 1. The largest absolute Gasteiger partial charge is 0.397 e. The summed E-state index contributed by atoms with van der Waals surface area (Å²) in [6, 6.07) is 1.88. The van der Waals surface area contributed by atoms with Crippen molar-refractivity contribution < 1.29 is 9.53 Å². The molecule has 19 heavy (non-hydrogen) atoms. The molecule has 1 aromatic rings. The first-order valence-electron chi connectivity index (χ1n) is 6.39. The molecule has 1 heterocycles. The Kier molecular flexibility index (Phi) is 5.63. The van der Waals surface area contributed by atoms with Crippen LogP contribution in [-0.4, -0.2) is 30.2 Å². The van der Waals surface area contributed by atoms with Crippen molar-refractivity contribution in [1.82, 2.24) is 9.88 Å². The van der Waals surface area contributed by atoms with Gasteiger partial charge < -0.3 is 20.4 Å². The normalized spacial score (nSPS) is 10.7. The highest BCUT2D eigenvalue weighted by Crippen LogP contribution is 2.16. The molecular formula is C14H23N3O2. The van der Waals surface area contributed by atoms with Gasteiger partial charge in [-0.2, -0.15) is 0 Å². The first kappa shape index (κ1) is 15.3. The van der Waals surface area contributed by atoms with Crippen molar-refractivity contribution in [2.45, 2.75) is 26.8 Å². The van der Waals surface area contributed by atoms with Crippen LogP contribution in [0.5, 0.6) is 0 Å². The van der Waals surface area contributed by atoms with Gasteiger partial charge in [-0.25, -0.2) is 0 Å². The number of nitrogen functional groups attached to an aromatic ring is 1. The van der Waals surface area contributed by atoms with E-state index in [1.165, 1.54) is 0 Å². The lowest BCUT2D eigenvalue weighted by Gasteiger charge is -2.12. The Balaban J connectivity index is 2.47. The second kappa shape index (κ2) is 6.99. The van der Waals surface area contributed by atoms with Gasteiger partial charge in [-0.05, 0) is 26.8 Å². The van der Waals surface area contributed by atoms with Gasteiger partial charge in [0.1, 0.15) is 5.69 Å². The molecule has 0 aliphatic heterocycles. The Morgan fingerprint density at radius 3 is 2.84 bits per heavy atom. The number of ether oxygens (including phenoxy) is 1. The molecule has 0 saturated heterocycles. The second-order valence-corrected chi connectivity index (χ2v) is 4.93. The van der Waals surface area contributed by atoms with E-state index < -0.39 is 0 Å². The van der Waals surface area contributed by atoms with E-state index in [4.69, 9.17) is 10.5 Å². The van der Waals surface area contributed by atoms with Crippen molar-refractivity contribution in [2.75, 3.05) is 25.5 Å². The van der Waals surface area contributed by atoms with Crippen LogP contribution in [0.15, 0.2) is 24.4 Å². The summed E-state index contributed by atoms with van der Waals surface area (Å²) in [7, 11) is 0. The molecule has 0 aliphatic rings. The lowest BCUT2D eigenvalue weighted by Crippen LogP contribution is -2.29. The number of hydrogen-bond acceptors (Lipinski definition) is 3. The zero-order valence-corrected chi connectivity index (χ0v) is 11.9. The van der Waals surface area contributed by atoms with Gasteiger partial charge in [0, 0.05) is 18.8 Å². The maximum absolute atomic E-state index is 12.0. The zero-order chi connectivity index (χ0) is 14.4. The molecular weight excluding hydrogens is 242 g/mol. The van der Waals surface area contributed by atoms with E-state index in [2.05, 4.69) is 11.9 Å². The molecule has 0 spiro atoms. The minimum Gasteiger partial charge on any atom is -0.397 e. The standard InChI is InChI=1S/C14H23N3O2/c1-10(2)9-19-6-5-16-14(18)13-7-12(15)8-17(13)11(3)4/h7-8,11H,1,5-6,9,15H2,2-4H3,(H,16,18). The van der Waals surface area contributed by atoms with E-state index in [-0.39, 0.29) is 11.9 Å². The van der Waals surface area contributed by atoms with Crippen LogP contribution in [0.25, 0.3) is 0 Å². The number of hydrogen-bond donors (Lipinski definition) is 2. The van der Waals surface area contributed by atoms with Gasteiger partial charge in [0.05, 0.1) is 18.9 Å². The number of amides is 1. The summed E-state index contributed by atoms with van der Waals surface area (Å²) < 4.78 is 7.18. The quantitative estimate of drug-likeness (QED) is 0.585. The van der Waals surface area contributed by atoms with E-state index in [0.717, 1.165) is 5.57 Å². The number of carbonyl (C=O) groups excluding carboxylic acids is 1. The number of nitrogens with zero attached hydrogens (tertiary/aromatic N) is 1. The van der Waals surface area contributed by atoms with Crippen molar-refractivity contribution in [3.63, 3.8) is 0 Å². The fourth-order valence-corrected chi connectivity index (χ4v) is 1.68. The van der Waals surface area contributed by atoms with Gasteiger partial charge in [0.25, 0.3) is 5.91 Å². The molecule has 0 atom stereocenters. The van der Waals surface area contributed by atoms with Crippen LogP contribution >= 0.6 is 0 Å². The highest BCUT2D eigenvalue weighted by atomic mass is 16.5. The lowest BCUT2D eigenvalue weighted by atomic mass is 10.3. The molecule has 106 valence electrons. The molecule has 3 N–H and O–H groups in total. The number of anilines is 1. The van der Waals surface area contributed by atoms with Crippen molar-refractivity contribution in [1.29, 1.82) is 0 Å². The van der Waals surface area contributed by atoms with Gasteiger partial charge in [-0.3, -0.25) is 4.79 Å². The molecule has 5 heteroatoms. The van der Waals surface area contributed by atoms with Crippen LogP contribution in [-0.2, 0) is 4.74 Å². The van der Waals surface area contributed by atoms with Gasteiger partial charge in [-0.1, -0.05) is 12.2 Å². The summed E-state index contributed by atoms with van der Waals surface area (Å²) in [5.41, 5.74) is 7.87. The van der Waals surface area contributed by atoms with Crippen molar-refractivity contribution in [3.05, 3.63) is 30.1 Å². The molecule has 0 unspecified atom stereocenters. The Bertz CT molecular complexity index is 450. The van der Waals surface area contributed by atoms with E-state index in [1.807, 2.05) is 25.3 Å². The predicted molar refractivity (Wildman–Crippen MR) is 77.2 cm³/mol. The van der Waals surface area contributed by atoms with Crippen LogP contribution < -0.4 is 11.1 Å². The molecule has 1 aromatic heterocycles. The maximum atomic E-state index is 12.0. The Morgan fingerprint density at radius 2 is 2.26 bits per heavy atom. The Labute approximate surface area is 114 Å². The molecule has 1 amide bonds. The summed E-state index contributed by atoms with van der Waals surface area (Å²) in [6.45, 7) is 11.1. The Morgan fingerprint density at radius 1 is 1.58 bits per heavy atom. The highest BCUT2D eigenvalue weighted by Gasteiger charge is 2.14. The third kappa shape index (κ3) is 4.79. The SMILES string of the molecule is C=C(C)COCCNC(=O)c1cc(N)cn1C(C)C. The van der Waals surface area contributed by atoms with Crippen molar-refractivity contribution >= 4 is 11.6 Å². The summed E-state index contributed by atoms with van der Waals surface area (Å²) in [5.74, 6) is -0.135. The van der Waals surface area contributed by atoms with Gasteiger partial charge in [-0.15, -0.1) is 0 Å². The Hall–Kier alpha value is -1.75. The molecule has 0 aliphatic carbocycles. The minimum absolute atomic E-state index is 0.135. The second-order valence-electron chi connectivity index (χ2n) is 4.93.